The highest BCUT2D eigenvalue weighted by Crippen LogP contribution is 2.27. The third kappa shape index (κ3) is 3.01. The van der Waals surface area contributed by atoms with Crippen molar-refractivity contribution in [1.29, 1.82) is 0 Å². The number of halogens is 1. The summed E-state index contributed by atoms with van der Waals surface area (Å²) >= 11 is 0. The molecule has 6 nitrogen and oxygen atoms in total. The first-order valence-corrected chi connectivity index (χ1v) is 8.47. The second-order valence-corrected chi connectivity index (χ2v) is 6.60. The summed E-state index contributed by atoms with van der Waals surface area (Å²) in [6.45, 7) is 0.910. The summed E-state index contributed by atoms with van der Waals surface area (Å²) in [5.41, 5.74) is 0.239. The number of hydrogen-bond acceptors (Lipinski definition) is 3. The molecule has 0 spiro atoms. The second kappa shape index (κ2) is 6.31. The molecule has 25 heavy (non-hydrogen) atoms. The number of rotatable bonds is 3. The molecule has 0 radical (unpaired) electrons. The van der Waals surface area contributed by atoms with Crippen molar-refractivity contribution in [3.63, 3.8) is 0 Å². The van der Waals surface area contributed by atoms with Crippen molar-refractivity contribution in [3.05, 3.63) is 48.3 Å². The number of carbonyl (C=O) groups is 2. The highest BCUT2D eigenvalue weighted by atomic mass is 19.1. The number of hydrogen-bond donors (Lipinski definition) is 1. The Hall–Kier alpha value is -2.70. The van der Waals surface area contributed by atoms with Gasteiger partial charge in [-0.05, 0) is 18.6 Å². The van der Waals surface area contributed by atoms with Gasteiger partial charge in [-0.15, -0.1) is 0 Å². The maximum absolute atomic E-state index is 13.9. The third-order valence-corrected chi connectivity index (χ3v) is 4.92. The number of carbonyl (C=O) groups excluding carboxylic acids is 2. The lowest BCUT2D eigenvalue weighted by Gasteiger charge is -2.26. The van der Waals surface area contributed by atoms with Gasteiger partial charge in [-0.2, -0.15) is 0 Å². The molecular weight excluding hydrogens is 323 g/mol. The Morgan fingerprint density at radius 1 is 1.28 bits per heavy atom. The number of aryl methyl sites for hydroxylation is 1. The molecule has 4 rings (SSSR count). The molecule has 130 valence electrons. The average molecular weight is 342 g/mol. The summed E-state index contributed by atoms with van der Waals surface area (Å²) in [7, 11) is 0. The van der Waals surface area contributed by atoms with E-state index in [2.05, 4.69) is 10.3 Å². The number of fused-ring (bicyclic) bond motifs is 1. The minimum atomic E-state index is -0.448. The Morgan fingerprint density at radius 3 is 2.96 bits per heavy atom. The van der Waals surface area contributed by atoms with Crippen LogP contribution in [0.15, 0.2) is 36.7 Å². The van der Waals surface area contributed by atoms with Gasteiger partial charge in [0, 0.05) is 44.4 Å². The van der Waals surface area contributed by atoms with Gasteiger partial charge in [0.1, 0.15) is 11.6 Å². The minimum Gasteiger partial charge on any atom is -0.351 e. The monoisotopic (exact) mass is 342 g/mol. The van der Waals surface area contributed by atoms with E-state index in [1.54, 1.807) is 24.4 Å². The number of para-hydroxylation sites is 1. The normalized spacial score (nSPS) is 22.8. The maximum Gasteiger partial charge on any atom is 0.227 e. The number of imidazole rings is 1. The summed E-state index contributed by atoms with van der Waals surface area (Å²) in [6.07, 6.45) is 5.45. The van der Waals surface area contributed by atoms with Gasteiger partial charge < -0.3 is 14.8 Å². The molecule has 2 aliphatic heterocycles. The van der Waals surface area contributed by atoms with Crippen LogP contribution >= 0.6 is 0 Å². The van der Waals surface area contributed by atoms with Crippen molar-refractivity contribution in [3.8, 4) is 0 Å². The van der Waals surface area contributed by atoms with Crippen LogP contribution in [0.2, 0.25) is 0 Å². The number of nitrogens with one attached hydrogen (secondary N) is 1. The first-order chi connectivity index (χ1) is 12.1. The second-order valence-electron chi connectivity index (χ2n) is 6.60. The topological polar surface area (TPSA) is 67.2 Å². The summed E-state index contributed by atoms with van der Waals surface area (Å²) in [4.78, 5) is 30.4. The van der Waals surface area contributed by atoms with Crippen molar-refractivity contribution in [2.75, 3.05) is 11.4 Å². The van der Waals surface area contributed by atoms with E-state index >= 15 is 0 Å². The Morgan fingerprint density at radius 2 is 2.12 bits per heavy atom. The van der Waals surface area contributed by atoms with E-state index < -0.39 is 11.7 Å². The van der Waals surface area contributed by atoms with Gasteiger partial charge in [-0.1, -0.05) is 12.1 Å². The van der Waals surface area contributed by atoms with E-state index in [9.17, 15) is 14.0 Å². The largest absolute Gasteiger partial charge is 0.351 e. The molecule has 0 bridgehead atoms. The van der Waals surface area contributed by atoms with E-state index in [0.29, 0.717) is 6.54 Å². The first kappa shape index (κ1) is 15.8. The lowest BCUT2D eigenvalue weighted by atomic mass is 10.0. The van der Waals surface area contributed by atoms with Crippen LogP contribution < -0.4 is 10.2 Å². The Kier molecular flexibility index (Phi) is 3.99. The van der Waals surface area contributed by atoms with Gasteiger partial charge in [-0.3, -0.25) is 9.59 Å². The Bertz CT molecular complexity index is 819. The molecule has 1 aromatic heterocycles. The summed E-state index contributed by atoms with van der Waals surface area (Å²) in [6, 6.07) is 6.18. The van der Waals surface area contributed by atoms with Gasteiger partial charge in [0.05, 0.1) is 11.6 Å². The van der Waals surface area contributed by atoms with Crippen molar-refractivity contribution >= 4 is 17.5 Å². The average Bonchev–Trinajstić information content (AvgIpc) is 3.21. The third-order valence-electron chi connectivity index (χ3n) is 4.92. The smallest absolute Gasteiger partial charge is 0.227 e. The zero-order valence-electron chi connectivity index (χ0n) is 13.7. The molecule has 2 aromatic rings. The molecule has 1 aromatic carbocycles. The quantitative estimate of drug-likeness (QED) is 0.919. The molecule has 2 atom stereocenters. The molecule has 1 fully saturated rings. The van der Waals surface area contributed by atoms with Gasteiger partial charge in [0.15, 0.2) is 0 Å². The molecule has 2 unspecified atom stereocenters. The highest BCUT2D eigenvalue weighted by Gasteiger charge is 2.37. The van der Waals surface area contributed by atoms with Crippen molar-refractivity contribution in [1.82, 2.24) is 14.9 Å². The van der Waals surface area contributed by atoms with E-state index in [-0.39, 0.29) is 36.5 Å². The number of amides is 2. The minimum absolute atomic E-state index is 0.0341. The van der Waals surface area contributed by atoms with Crippen LogP contribution in [-0.2, 0) is 22.6 Å². The molecule has 1 N–H and O–H groups in total. The molecule has 0 aliphatic carbocycles. The Balaban J connectivity index is 1.41. The van der Waals surface area contributed by atoms with Gasteiger partial charge in [-0.25, -0.2) is 9.37 Å². The molecule has 1 saturated heterocycles. The van der Waals surface area contributed by atoms with Crippen LogP contribution in [0.5, 0.6) is 0 Å². The molecule has 2 aliphatic rings. The lowest BCUT2D eigenvalue weighted by molar-refractivity contribution is -0.127. The number of benzene rings is 1. The van der Waals surface area contributed by atoms with Crippen molar-refractivity contribution in [2.24, 2.45) is 5.92 Å². The lowest BCUT2D eigenvalue weighted by Crippen LogP contribution is -2.44. The van der Waals surface area contributed by atoms with E-state index in [1.165, 1.54) is 11.0 Å². The van der Waals surface area contributed by atoms with Crippen molar-refractivity contribution < 1.29 is 14.0 Å². The molecular formula is C18H19FN4O2. The highest BCUT2D eigenvalue weighted by molar-refractivity contribution is 6.00. The van der Waals surface area contributed by atoms with Gasteiger partial charge in [0.2, 0.25) is 11.8 Å². The standard InChI is InChI=1S/C18H19FN4O2/c19-14-3-1-2-4-15(14)23-10-12(9-17(23)24)18(25)21-13-5-6-16-20-7-8-22(16)11-13/h1-4,7-8,12-13H,5-6,9-11H2,(H,21,25). The summed E-state index contributed by atoms with van der Waals surface area (Å²) in [5, 5.41) is 3.04. The Labute approximate surface area is 144 Å². The fraction of sp³-hybridized carbons (Fsp3) is 0.389. The molecule has 2 amide bonds. The van der Waals surface area contributed by atoms with Crippen LogP contribution in [0.25, 0.3) is 0 Å². The predicted octanol–water partition coefficient (Wildman–Crippen LogP) is 1.51. The van der Waals surface area contributed by atoms with Gasteiger partial charge >= 0.3 is 0 Å². The van der Waals surface area contributed by atoms with Crippen LogP contribution in [0.4, 0.5) is 10.1 Å². The van der Waals surface area contributed by atoms with Crippen molar-refractivity contribution in [2.45, 2.75) is 31.8 Å². The van der Waals surface area contributed by atoms with Crippen LogP contribution in [0.3, 0.4) is 0 Å². The maximum atomic E-state index is 13.9. The van der Waals surface area contributed by atoms with E-state index in [4.69, 9.17) is 0 Å². The molecule has 0 saturated carbocycles. The zero-order valence-corrected chi connectivity index (χ0v) is 13.7. The van der Waals surface area contributed by atoms with Crippen LogP contribution in [0.1, 0.15) is 18.7 Å². The van der Waals surface area contributed by atoms with E-state index in [1.807, 2.05) is 10.8 Å². The summed E-state index contributed by atoms with van der Waals surface area (Å²) < 4.78 is 16.0. The molecule has 3 heterocycles. The van der Waals surface area contributed by atoms with E-state index in [0.717, 1.165) is 18.7 Å². The zero-order chi connectivity index (χ0) is 17.4. The fourth-order valence-corrected chi connectivity index (χ4v) is 3.59. The van der Waals surface area contributed by atoms with Crippen LogP contribution in [0, 0.1) is 11.7 Å². The SMILES string of the molecule is O=C(NC1CCc2nccn2C1)C1CC(=O)N(c2ccccc2F)C1. The summed E-state index contributed by atoms with van der Waals surface area (Å²) in [5.74, 6) is -0.216. The fourth-order valence-electron chi connectivity index (χ4n) is 3.59. The van der Waals surface area contributed by atoms with Gasteiger partial charge in [0.25, 0.3) is 0 Å². The van der Waals surface area contributed by atoms with Crippen LogP contribution in [-0.4, -0.2) is 34.0 Å². The number of anilines is 1. The number of nitrogens with zero attached hydrogens (tertiary/aromatic N) is 3. The number of aromatic nitrogens is 2. The predicted molar refractivity (Wildman–Crippen MR) is 89.3 cm³/mol. The first-order valence-electron chi connectivity index (χ1n) is 8.47. The molecule has 7 heteroatoms.